The third kappa shape index (κ3) is 6.14. The van der Waals surface area contributed by atoms with Gasteiger partial charge in [0.05, 0.1) is 20.3 Å². The van der Waals surface area contributed by atoms with E-state index in [4.69, 9.17) is 14.2 Å². The van der Waals surface area contributed by atoms with E-state index >= 15 is 0 Å². The molecule has 0 saturated heterocycles. The maximum Gasteiger partial charge on any atom is 0.341 e. The van der Waals surface area contributed by atoms with Crippen LogP contribution in [-0.4, -0.2) is 32.2 Å². The molecule has 0 radical (unpaired) electrons. The zero-order valence-electron chi connectivity index (χ0n) is 19.4. The zero-order chi connectivity index (χ0) is 23.8. The van der Waals surface area contributed by atoms with E-state index < -0.39 is 5.97 Å². The van der Waals surface area contributed by atoms with Gasteiger partial charge < -0.3 is 19.5 Å². The van der Waals surface area contributed by atoms with Crippen molar-refractivity contribution < 1.29 is 23.8 Å². The number of hydrogen-bond acceptors (Lipinski definition) is 6. The van der Waals surface area contributed by atoms with Crippen LogP contribution >= 0.6 is 11.3 Å². The zero-order valence-corrected chi connectivity index (χ0v) is 20.2. The largest absolute Gasteiger partial charge is 0.497 e. The van der Waals surface area contributed by atoms with Gasteiger partial charge in [0.15, 0.2) is 0 Å². The summed E-state index contributed by atoms with van der Waals surface area (Å²) in [7, 11) is 1.60. The van der Waals surface area contributed by atoms with Gasteiger partial charge >= 0.3 is 5.97 Å². The average Bonchev–Trinajstić information content (AvgIpc) is 3.23. The Labute approximate surface area is 198 Å². The van der Waals surface area contributed by atoms with Crippen LogP contribution in [0.2, 0.25) is 0 Å². The average molecular weight is 468 g/mol. The van der Waals surface area contributed by atoms with Gasteiger partial charge in [-0.05, 0) is 62.1 Å². The van der Waals surface area contributed by atoms with E-state index in [1.807, 2.05) is 61.7 Å². The number of hydrogen-bond donors (Lipinski definition) is 1. The molecule has 1 heterocycles. The van der Waals surface area contributed by atoms with Gasteiger partial charge in [0.2, 0.25) is 5.91 Å². The van der Waals surface area contributed by atoms with E-state index in [2.05, 4.69) is 5.32 Å². The van der Waals surface area contributed by atoms with Crippen molar-refractivity contribution in [2.75, 3.05) is 25.6 Å². The van der Waals surface area contributed by atoms with E-state index in [9.17, 15) is 9.59 Å². The molecule has 33 heavy (non-hydrogen) atoms. The van der Waals surface area contributed by atoms with E-state index in [0.29, 0.717) is 23.6 Å². The first-order valence-electron chi connectivity index (χ1n) is 10.9. The summed E-state index contributed by atoms with van der Waals surface area (Å²) in [4.78, 5) is 25.3. The summed E-state index contributed by atoms with van der Waals surface area (Å²) in [6.07, 6.45) is 0.841. The Morgan fingerprint density at radius 3 is 2.52 bits per heavy atom. The molecule has 0 aliphatic rings. The molecule has 3 aromatic rings. The molecule has 1 amide bonds. The first-order chi connectivity index (χ1) is 15.9. The molecular weight excluding hydrogens is 438 g/mol. The summed E-state index contributed by atoms with van der Waals surface area (Å²) in [5.41, 5.74) is 4.20. The van der Waals surface area contributed by atoms with Crippen LogP contribution in [0.15, 0.2) is 47.8 Å². The number of amides is 1. The minimum atomic E-state index is -0.460. The Balaban J connectivity index is 1.66. The number of nitrogens with one attached hydrogen (secondary N) is 1. The summed E-state index contributed by atoms with van der Waals surface area (Å²) < 4.78 is 16.3. The van der Waals surface area contributed by atoms with E-state index in [1.165, 1.54) is 16.9 Å². The third-order valence-electron chi connectivity index (χ3n) is 5.29. The molecule has 0 bridgehead atoms. The van der Waals surface area contributed by atoms with Crippen molar-refractivity contribution in [3.05, 3.63) is 64.5 Å². The lowest BCUT2D eigenvalue weighted by molar-refractivity contribution is -0.116. The Morgan fingerprint density at radius 1 is 1.06 bits per heavy atom. The number of thiophene rings is 1. The van der Waals surface area contributed by atoms with E-state index in [-0.39, 0.29) is 18.9 Å². The highest BCUT2D eigenvalue weighted by atomic mass is 32.1. The van der Waals surface area contributed by atoms with Gasteiger partial charge in [-0.2, -0.15) is 0 Å². The normalized spacial score (nSPS) is 10.5. The Morgan fingerprint density at radius 2 is 1.82 bits per heavy atom. The van der Waals surface area contributed by atoms with Crippen LogP contribution in [0.5, 0.6) is 11.5 Å². The number of carbonyl (C=O) groups excluding carboxylic acids is 2. The number of esters is 1. The van der Waals surface area contributed by atoms with Crippen molar-refractivity contribution in [3.63, 3.8) is 0 Å². The summed E-state index contributed by atoms with van der Waals surface area (Å²) in [5, 5.41) is 5.22. The molecule has 0 spiro atoms. The molecule has 0 atom stereocenters. The first-order valence-corrected chi connectivity index (χ1v) is 11.7. The highest BCUT2D eigenvalue weighted by molar-refractivity contribution is 7.15. The Kier molecular flexibility index (Phi) is 8.49. The highest BCUT2D eigenvalue weighted by Gasteiger charge is 2.22. The predicted molar refractivity (Wildman–Crippen MR) is 132 cm³/mol. The van der Waals surface area contributed by atoms with Crippen LogP contribution in [0, 0.1) is 13.8 Å². The smallest absolute Gasteiger partial charge is 0.341 e. The second-order valence-electron chi connectivity index (χ2n) is 7.50. The van der Waals surface area contributed by atoms with Crippen LogP contribution in [0.25, 0.3) is 11.1 Å². The van der Waals surface area contributed by atoms with Gasteiger partial charge in [-0.25, -0.2) is 4.79 Å². The van der Waals surface area contributed by atoms with Crippen molar-refractivity contribution in [1.29, 1.82) is 0 Å². The molecule has 0 saturated carbocycles. The predicted octanol–water partition coefficient (Wildman–Crippen LogP) is 6.01. The molecular formula is C26H29NO5S. The fourth-order valence-electron chi connectivity index (χ4n) is 3.32. The second-order valence-corrected chi connectivity index (χ2v) is 8.38. The number of benzene rings is 2. The maximum absolute atomic E-state index is 12.7. The van der Waals surface area contributed by atoms with Gasteiger partial charge in [0, 0.05) is 17.4 Å². The fourth-order valence-corrected chi connectivity index (χ4v) is 4.30. The van der Waals surface area contributed by atoms with Crippen molar-refractivity contribution in [2.45, 2.75) is 33.6 Å². The Hall–Kier alpha value is -3.32. The molecule has 0 unspecified atom stereocenters. The van der Waals surface area contributed by atoms with E-state index in [1.54, 1.807) is 14.0 Å². The molecule has 0 aliphatic heterocycles. The van der Waals surface area contributed by atoms with Crippen molar-refractivity contribution in [3.8, 4) is 22.6 Å². The molecule has 0 aliphatic carbocycles. The fraction of sp³-hybridized carbons (Fsp3) is 0.308. The van der Waals surface area contributed by atoms with Gasteiger partial charge in [-0.15, -0.1) is 11.3 Å². The molecule has 2 aromatic carbocycles. The second kappa shape index (κ2) is 11.5. The highest BCUT2D eigenvalue weighted by Crippen LogP contribution is 2.37. The molecule has 1 aromatic heterocycles. The van der Waals surface area contributed by atoms with Crippen molar-refractivity contribution in [2.24, 2.45) is 0 Å². The van der Waals surface area contributed by atoms with Gasteiger partial charge in [-0.1, -0.05) is 24.3 Å². The number of ether oxygens (including phenoxy) is 3. The molecule has 3 rings (SSSR count). The summed E-state index contributed by atoms with van der Waals surface area (Å²) in [6, 6.07) is 13.3. The standard InChI is InChI=1S/C26H29NO5S/c1-5-31-26(29)24-21(19-11-13-20(30-4)14-12-19)16-33-25(24)27-23(28)10-7-15-32-22-9-6-8-17(2)18(22)3/h6,8-9,11-14,16H,5,7,10,15H2,1-4H3,(H,27,28). The van der Waals surface area contributed by atoms with E-state index in [0.717, 1.165) is 28.2 Å². The summed E-state index contributed by atoms with van der Waals surface area (Å²) >= 11 is 1.31. The van der Waals surface area contributed by atoms with Crippen LogP contribution < -0.4 is 14.8 Å². The van der Waals surface area contributed by atoms with Crippen LogP contribution in [-0.2, 0) is 9.53 Å². The number of rotatable bonds is 10. The lowest BCUT2D eigenvalue weighted by atomic mass is 10.0. The topological polar surface area (TPSA) is 73.9 Å². The van der Waals surface area contributed by atoms with Crippen LogP contribution in [0.1, 0.15) is 41.3 Å². The maximum atomic E-state index is 12.7. The lowest BCUT2D eigenvalue weighted by Gasteiger charge is -2.11. The third-order valence-corrected chi connectivity index (χ3v) is 6.18. The molecule has 0 fully saturated rings. The number of methoxy groups -OCH3 is 1. The minimum Gasteiger partial charge on any atom is -0.497 e. The first kappa shape index (κ1) is 24.3. The summed E-state index contributed by atoms with van der Waals surface area (Å²) in [6.45, 7) is 6.50. The van der Waals surface area contributed by atoms with Gasteiger partial charge in [-0.3, -0.25) is 4.79 Å². The molecule has 174 valence electrons. The molecule has 6 nitrogen and oxygen atoms in total. The van der Waals surface area contributed by atoms with Crippen LogP contribution in [0.3, 0.4) is 0 Å². The quantitative estimate of drug-likeness (QED) is 0.292. The number of aryl methyl sites for hydroxylation is 1. The summed E-state index contributed by atoms with van der Waals surface area (Å²) in [5.74, 6) is 0.928. The number of carbonyl (C=O) groups is 2. The van der Waals surface area contributed by atoms with Gasteiger partial charge in [0.1, 0.15) is 22.1 Å². The van der Waals surface area contributed by atoms with Gasteiger partial charge in [0.25, 0.3) is 0 Å². The number of anilines is 1. The Bertz CT molecular complexity index is 1100. The molecule has 1 N–H and O–H groups in total. The van der Waals surface area contributed by atoms with Crippen LogP contribution in [0.4, 0.5) is 5.00 Å². The minimum absolute atomic E-state index is 0.173. The van der Waals surface area contributed by atoms with Crippen molar-refractivity contribution >= 4 is 28.2 Å². The lowest BCUT2D eigenvalue weighted by Crippen LogP contribution is -2.15. The molecule has 7 heteroatoms. The van der Waals surface area contributed by atoms with Crippen molar-refractivity contribution in [1.82, 2.24) is 0 Å². The monoisotopic (exact) mass is 467 g/mol. The SMILES string of the molecule is CCOC(=O)c1c(-c2ccc(OC)cc2)csc1NC(=O)CCCOc1cccc(C)c1C.